The fraction of sp³-hybridized carbons (Fsp3) is 0. The lowest BCUT2D eigenvalue weighted by Crippen LogP contribution is -2.03. The second-order valence-electron chi connectivity index (χ2n) is 5.47. The van der Waals surface area contributed by atoms with Gasteiger partial charge in [-0.3, -0.25) is 4.98 Å². The van der Waals surface area contributed by atoms with Gasteiger partial charge in [0.05, 0.1) is 0 Å². The van der Waals surface area contributed by atoms with E-state index < -0.39 is 0 Å². The van der Waals surface area contributed by atoms with Crippen LogP contribution in [-0.2, 0) is 0 Å². The van der Waals surface area contributed by atoms with Gasteiger partial charge < -0.3 is 9.62 Å². The van der Waals surface area contributed by atoms with Gasteiger partial charge in [0.15, 0.2) is 5.76 Å². The van der Waals surface area contributed by atoms with Crippen LogP contribution in [0.4, 0.5) is 0 Å². The summed E-state index contributed by atoms with van der Waals surface area (Å²) >= 11 is 0. The zero-order valence-corrected chi connectivity index (χ0v) is 12.8. The van der Waals surface area contributed by atoms with Crippen molar-refractivity contribution < 1.29 is 9.62 Å². The topological polar surface area (TPSA) is 58.6 Å². The summed E-state index contributed by atoms with van der Waals surface area (Å²) in [6, 6.07) is 17.2. The van der Waals surface area contributed by atoms with Crippen molar-refractivity contribution in [3.05, 3.63) is 78.3 Å². The van der Waals surface area contributed by atoms with Crippen LogP contribution < -0.4 is 5.36 Å². The maximum Gasteiger partial charge on any atom is 0.155 e. The second-order valence-corrected chi connectivity index (χ2v) is 5.47. The minimum absolute atomic E-state index is 0.442. The third-order valence-corrected chi connectivity index (χ3v) is 4.00. The highest BCUT2D eigenvalue weighted by Crippen LogP contribution is 2.24. The lowest BCUT2D eigenvalue weighted by Gasteiger charge is -2.06. The van der Waals surface area contributed by atoms with Gasteiger partial charge in [-0.1, -0.05) is 48.1 Å². The minimum Gasteiger partial charge on any atom is -0.454 e. The first-order valence-corrected chi connectivity index (χ1v) is 7.52. The molecule has 0 bridgehead atoms. The molecule has 0 fully saturated rings. The number of hydrogen-bond acceptors (Lipinski definition) is 4. The Morgan fingerprint density at radius 1 is 1.04 bits per heavy atom. The monoisotopic (exact) mass is 314 g/mol. The van der Waals surface area contributed by atoms with E-state index in [9.17, 15) is 5.21 Å². The quantitative estimate of drug-likeness (QED) is 0.435. The maximum atomic E-state index is 9.35. The summed E-state index contributed by atoms with van der Waals surface area (Å²) in [7, 11) is 0. The van der Waals surface area contributed by atoms with E-state index in [2.05, 4.69) is 16.7 Å². The van der Waals surface area contributed by atoms with Gasteiger partial charge in [0, 0.05) is 23.0 Å². The Morgan fingerprint density at radius 2 is 1.88 bits per heavy atom. The molecule has 0 radical (unpaired) electrons. The van der Waals surface area contributed by atoms with Gasteiger partial charge in [-0.05, 0) is 29.1 Å². The number of hydrogen-bond donors (Lipinski definition) is 1. The van der Waals surface area contributed by atoms with Gasteiger partial charge in [0.1, 0.15) is 16.6 Å². The van der Waals surface area contributed by atoms with E-state index in [4.69, 9.17) is 4.42 Å². The summed E-state index contributed by atoms with van der Waals surface area (Å²) in [4.78, 5) is 4.46. The Balaban J connectivity index is 1.99. The lowest BCUT2D eigenvalue weighted by atomic mass is 10.1. The standard InChI is InChI=1S/C20H14N2O2/c1-2-13-7-8-16-17(22-23)11-20(24-19(16)9-13)18-10-14-5-3-4-6-15(14)12-21-18/h2-12,23H,1H2/b22-17-. The van der Waals surface area contributed by atoms with E-state index in [1.165, 1.54) is 0 Å². The summed E-state index contributed by atoms with van der Waals surface area (Å²) in [5.41, 5.74) is 2.23. The van der Waals surface area contributed by atoms with Gasteiger partial charge in [-0.2, -0.15) is 0 Å². The van der Waals surface area contributed by atoms with Gasteiger partial charge in [-0.25, -0.2) is 0 Å². The number of nitrogens with zero attached hydrogens (tertiary/aromatic N) is 2. The van der Waals surface area contributed by atoms with Crippen molar-refractivity contribution in [2.24, 2.45) is 5.16 Å². The molecule has 2 heterocycles. The Hall–Kier alpha value is -3.40. The number of aromatic nitrogens is 1. The highest BCUT2D eigenvalue weighted by Gasteiger charge is 2.08. The summed E-state index contributed by atoms with van der Waals surface area (Å²) in [6.45, 7) is 3.77. The maximum absolute atomic E-state index is 9.35. The van der Waals surface area contributed by atoms with E-state index in [-0.39, 0.29) is 0 Å². The predicted octanol–water partition coefficient (Wildman–Crippen LogP) is 4.58. The summed E-state index contributed by atoms with van der Waals surface area (Å²) < 4.78 is 6.00. The van der Waals surface area contributed by atoms with Crippen LogP contribution in [0.1, 0.15) is 5.56 Å². The smallest absolute Gasteiger partial charge is 0.155 e. The molecule has 4 rings (SSSR count). The molecule has 0 atom stereocenters. The van der Waals surface area contributed by atoms with Crippen molar-refractivity contribution >= 4 is 27.8 Å². The van der Waals surface area contributed by atoms with Gasteiger partial charge >= 0.3 is 0 Å². The zero-order chi connectivity index (χ0) is 16.5. The van der Waals surface area contributed by atoms with Gasteiger partial charge in [-0.15, -0.1) is 0 Å². The first kappa shape index (κ1) is 14.2. The molecule has 4 heteroatoms. The molecule has 24 heavy (non-hydrogen) atoms. The average molecular weight is 314 g/mol. The molecule has 0 saturated carbocycles. The van der Waals surface area contributed by atoms with E-state index in [1.54, 1.807) is 18.3 Å². The molecule has 2 aromatic carbocycles. The van der Waals surface area contributed by atoms with E-state index in [1.807, 2.05) is 48.5 Å². The van der Waals surface area contributed by atoms with Crippen LogP contribution in [-0.4, -0.2) is 10.2 Å². The van der Waals surface area contributed by atoms with Crippen molar-refractivity contribution in [3.8, 4) is 11.5 Å². The fourth-order valence-corrected chi connectivity index (χ4v) is 2.74. The molecule has 0 aliphatic heterocycles. The highest BCUT2D eigenvalue weighted by atomic mass is 16.4. The molecule has 0 spiro atoms. The van der Waals surface area contributed by atoms with Crippen LogP contribution in [0.3, 0.4) is 0 Å². The molecule has 0 amide bonds. The van der Waals surface area contributed by atoms with E-state index >= 15 is 0 Å². The minimum atomic E-state index is 0.442. The molecule has 0 aliphatic rings. The molecule has 1 N–H and O–H groups in total. The Labute approximate surface area is 138 Å². The zero-order valence-electron chi connectivity index (χ0n) is 12.8. The third-order valence-electron chi connectivity index (χ3n) is 4.00. The Kier molecular flexibility index (Phi) is 3.35. The lowest BCUT2D eigenvalue weighted by molar-refractivity contribution is 0.302. The van der Waals surface area contributed by atoms with Crippen molar-refractivity contribution in [1.82, 2.24) is 4.98 Å². The second kappa shape index (κ2) is 5.66. The van der Waals surface area contributed by atoms with Crippen LogP contribution in [0.15, 0.2) is 76.9 Å². The number of fused-ring (bicyclic) bond motifs is 2. The Bertz CT molecular complexity index is 1140. The molecule has 4 nitrogen and oxygen atoms in total. The molecule has 4 aromatic rings. The predicted molar refractivity (Wildman–Crippen MR) is 94.4 cm³/mol. The molecule has 0 unspecified atom stereocenters. The van der Waals surface area contributed by atoms with E-state index in [0.29, 0.717) is 22.4 Å². The van der Waals surface area contributed by atoms with Crippen LogP contribution in [0.5, 0.6) is 0 Å². The molecular formula is C20H14N2O2. The van der Waals surface area contributed by atoms with E-state index in [0.717, 1.165) is 21.7 Å². The summed E-state index contributed by atoms with van der Waals surface area (Å²) in [6.07, 6.45) is 3.55. The molecule has 2 aromatic heterocycles. The number of rotatable bonds is 2. The van der Waals surface area contributed by atoms with Gasteiger partial charge in [0.25, 0.3) is 0 Å². The third kappa shape index (κ3) is 2.34. The first-order valence-electron chi connectivity index (χ1n) is 7.52. The fourth-order valence-electron chi connectivity index (χ4n) is 2.74. The largest absolute Gasteiger partial charge is 0.454 e. The molecule has 0 aliphatic carbocycles. The number of benzene rings is 2. The van der Waals surface area contributed by atoms with Crippen LogP contribution in [0.2, 0.25) is 0 Å². The normalized spacial score (nSPS) is 11.9. The van der Waals surface area contributed by atoms with Crippen molar-refractivity contribution in [2.75, 3.05) is 0 Å². The van der Waals surface area contributed by atoms with Crippen molar-refractivity contribution in [2.45, 2.75) is 0 Å². The van der Waals surface area contributed by atoms with Crippen molar-refractivity contribution in [3.63, 3.8) is 0 Å². The van der Waals surface area contributed by atoms with Gasteiger partial charge in [0.2, 0.25) is 0 Å². The molecule has 116 valence electrons. The molecule has 0 saturated heterocycles. The molecular weight excluding hydrogens is 300 g/mol. The van der Waals surface area contributed by atoms with Crippen LogP contribution in [0.25, 0.3) is 39.3 Å². The number of pyridine rings is 1. The summed E-state index contributed by atoms with van der Waals surface area (Å²) in [5, 5.41) is 16.0. The SMILES string of the molecule is C=Cc1ccc2/c(=N\O)cc(-c3cc4ccccc4cn3)oc2c1. The Morgan fingerprint density at radius 3 is 2.67 bits per heavy atom. The first-order chi connectivity index (χ1) is 11.8. The highest BCUT2D eigenvalue weighted by molar-refractivity contribution is 5.85. The summed E-state index contributed by atoms with van der Waals surface area (Å²) in [5.74, 6) is 0.544. The van der Waals surface area contributed by atoms with Crippen molar-refractivity contribution in [1.29, 1.82) is 0 Å². The van der Waals surface area contributed by atoms with Crippen LogP contribution in [0, 0.1) is 0 Å². The van der Waals surface area contributed by atoms with Crippen LogP contribution >= 0.6 is 0 Å². The average Bonchev–Trinajstić information content (AvgIpc) is 2.66.